The standard InChI is InChI=1S/C26H22I2N2O3/c1-3-32-24-14-18(12-20(15-29)26(31)30-22-10-8-21(27)9-11-22)13-23(28)25(24)33-16-19-7-5-4-6-17(19)2/h4-14H,3,16H2,1-2H3,(H,30,31)/b20-12+. The normalized spacial score (nSPS) is 10.9. The molecule has 0 saturated heterocycles. The lowest BCUT2D eigenvalue weighted by Crippen LogP contribution is -2.13. The van der Waals surface area contributed by atoms with Gasteiger partial charge in [0.15, 0.2) is 11.5 Å². The molecule has 0 bridgehead atoms. The molecule has 0 saturated carbocycles. The minimum Gasteiger partial charge on any atom is -0.490 e. The second-order valence-electron chi connectivity index (χ2n) is 7.11. The lowest BCUT2D eigenvalue weighted by Gasteiger charge is -2.15. The number of anilines is 1. The zero-order valence-electron chi connectivity index (χ0n) is 18.2. The zero-order chi connectivity index (χ0) is 23.8. The minimum atomic E-state index is -0.466. The number of aryl methyl sites for hydroxylation is 1. The van der Waals surface area contributed by atoms with Crippen molar-refractivity contribution in [3.63, 3.8) is 0 Å². The Morgan fingerprint density at radius 3 is 2.48 bits per heavy atom. The van der Waals surface area contributed by atoms with Crippen molar-refractivity contribution in [2.45, 2.75) is 20.5 Å². The summed E-state index contributed by atoms with van der Waals surface area (Å²) in [4.78, 5) is 12.6. The molecule has 0 heterocycles. The fraction of sp³-hybridized carbons (Fsp3) is 0.154. The summed E-state index contributed by atoms with van der Waals surface area (Å²) < 4.78 is 13.8. The van der Waals surface area contributed by atoms with Gasteiger partial charge in [-0.3, -0.25) is 4.79 Å². The van der Waals surface area contributed by atoms with Crippen LogP contribution in [0, 0.1) is 25.4 Å². The number of hydrogen-bond acceptors (Lipinski definition) is 4. The Bertz CT molecular complexity index is 1220. The molecule has 0 fully saturated rings. The number of hydrogen-bond donors (Lipinski definition) is 1. The van der Waals surface area contributed by atoms with Crippen molar-refractivity contribution in [2.24, 2.45) is 0 Å². The Kier molecular flexibility index (Phi) is 9.14. The predicted octanol–water partition coefficient (Wildman–Crippen LogP) is 6.73. The highest BCUT2D eigenvalue weighted by atomic mass is 127. The predicted molar refractivity (Wildman–Crippen MR) is 147 cm³/mol. The molecular weight excluding hydrogens is 642 g/mol. The maximum Gasteiger partial charge on any atom is 0.266 e. The third kappa shape index (κ3) is 6.95. The van der Waals surface area contributed by atoms with E-state index in [2.05, 4.69) is 50.5 Å². The number of nitrogens with one attached hydrogen (secondary N) is 1. The van der Waals surface area contributed by atoms with E-state index in [-0.39, 0.29) is 5.57 Å². The number of benzene rings is 3. The molecule has 3 aromatic carbocycles. The number of nitrogens with zero attached hydrogens (tertiary/aromatic N) is 1. The first-order valence-corrected chi connectivity index (χ1v) is 12.4. The summed E-state index contributed by atoms with van der Waals surface area (Å²) in [5, 5.41) is 12.3. The van der Waals surface area contributed by atoms with Crippen LogP contribution in [0.25, 0.3) is 6.08 Å². The van der Waals surface area contributed by atoms with Gasteiger partial charge in [0.2, 0.25) is 0 Å². The molecule has 7 heteroatoms. The second-order valence-corrected chi connectivity index (χ2v) is 9.52. The SMILES string of the molecule is CCOc1cc(/C=C(\C#N)C(=O)Nc2ccc(I)cc2)cc(I)c1OCc1ccccc1C. The van der Waals surface area contributed by atoms with E-state index < -0.39 is 5.91 Å². The Morgan fingerprint density at radius 1 is 1.09 bits per heavy atom. The Balaban J connectivity index is 1.85. The molecule has 0 atom stereocenters. The van der Waals surface area contributed by atoms with Gasteiger partial charge in [-0.05, 0) is 118 Å². The number of carbonyl (C=O) groups excluding carboxylic acids is 1. The van der Waals surface area contributed by atoms with Gasteiger partial charge in [-0.1, -0.05) is 24.3 Å². The molecule has 0 unspecified atom stereocenters. The van der Waals surface area contributed by atoms with E-state index in [4.69, 9.17) is 9.47 Å². The molecule has 1 N–H and O–H groups in total. The van der Waals surface area contributed by atoms with Crippen molar-refractivity contribution in [3.8, 4) is 17.6 Å². The van der Waals surface area contributed by atoms with Crippen molar-refractivity contribution in [2.75, 3.05) is 11.9 Å². The van der Waals surface area contributed by atoms with E-state index in [1.807, 2.05) is 62.4 Å². The number of amides is 1. The fourth-order valence-corrected chi connectivity index (χ4v) is 4.18. The first-order chi connectivity index (χ1) is 15.9. The summed E-state index contributed by atoms with van der Waals surface area (Å²) in [6.45, 7) is 4.82. The highest BCUT2D eigenvalue weighted by Crippen LogP contribution is 2.35. The quantitative estimate of drug-likeness (QED) is 0.165. The van der Waals surface area contributed by atoms with E-state index in [1.54, 1.807) is 24.3 Å². The molecule has 0 aromatic heterocycles. The Morgan fingerprint density at radius 2 is 1.82 bits per heavy atom. The van der Waals surface area contributed by atoms with Gasteiger partial charge in [0, 0.05) is 9.26 Å². The average Bonchev–Trinajstić information content (AvgIpc) is 2.79. The van der Waals surface area contributed by atoms with E-state index in [9.17, 15) is 10.1 Å². The molecule has 0 aliphatic rings. The summed E-state index contributed by atoms with van der Waals surface area (Å²) in [7, 11) is 0. The fourth-order valence-electron chi connectivity index (χ4n) is 3.04. The summed E-state index contributed by atoms with van der Waals surface area (Å²) in [5.74, 6) is 0.742. The Hall–Kier alpha value is -2.58. The van der Waals surface area contributed by atoms with Crippen LogP contribution in [-0.4, -0.2) is 12.5 Å². The molecule has 0 radical (unpaired) electrons. The zero-order valence-corrected chi connectivity index (χ0v) is 22.5. The highest BCUT2D eigenvalue weighted by molar-refractivity contribution is 14.1. The van der Waals surface area contributed by atoms with Crippen molar-refractivity contribution in [1.82, 2.24) is 0 Å². The number of halogens is 2. The second kappa shape index (κ2) is 12.0. The average molecular weight is 664 g/mol. The molecule has 0 aliphatic heterocycles. The molecule has 0 spiro atoms. The summed E-state index contributed by atoms with van der Waals surface area (Å²) in [6.07, 6.45) is 1.55. The van der Waals surface area contributed by atoms with Gasteiger partial charge in [-0.25, -0.2) is 0 Å². The van der Waals surface area contributed by atoms with E-state index >= 15 is 0 Å². The van der Waals surface area contributed by atoms with Crippen LogP contribution in [0.5, 0.6) is 11.5 Å². The van der Waals surface area contributed by atoms with Crippen LogP contribution in [0.15, 0.2) is 66.2 Å². The minimum absolute atomic E-state index is 0.000349. The summed E-state index contributed by atoms with van der Waals surface area (Å²) in [6, 6.07) is 21.1. The van der Waals surface area contributed by atoms with Crippen LogP contribution in [-0.2, 0) is 11.4 Å². The molecule has 168 valence electrons. The highest BCUT2D eigenvalue weighted by Gasteiger charge is 2.15. The van der Waals surface area contributed by atoms with E-state index in [0.717, 1.165) is 18.3 Å². The maximum absolute atomic E-state index is 12.6. The van der Waals surface area contributed by atoms with Crippen molar-refractivity contribution >= 4 is 62.9 Å². The largest absolute Gasteiger partial charge is 0.490 e. The molecule has 5 nitrogen and oxygen atoms in total. The smallest absolute Gasteiger partial charge is 0.266 e. The number of rotatable bonds is 8. The van der Waals surface area contributed by atoms with Crippen LogP contribution < -0.4 is 14.8 Å². The lowest BCUT2D eigenvalue weighted by atomic mass is 10.1. The monoisotopic (exact) mass is 664 g/mol. The van der Waals surface area contributed by atoms with Gasteiger partial charge in [-0.2, -0.15) is 5.26 Å². The van der Waals surface area contributed by atoms with Crippen molar-refractivity contribution in [3.05, 3.63) is 90.1 Å². The number of carbonyl (C=O) groups is 1. The van der Waals surface area contributed by atoms with Gasteiger partial charge in [0.05, 0.1) is 10.2 Å². The van der Waals surface area contributed by atoms with Gasteiger partial charge >= 0.3 is 0 Å². The van der Waals surface area contributed by atoms with Crippen molar-refractivity contribution in [1.29, 1.82) is 5.26 Å². The molecule has 0 aliphatic carbocycles. The van der Waals surface area contributed by atoms with Crippen LogP contribution in [0.4, 0.5) is 5.69 Å². The number of ether oxygens (including phenoxy) is 2. The number of nitriles is 1. The van der Waals surface area contributed by atoms with Crippen LogP contribution in [0.1, 0.15) is 23.6 Å². The maximum atomic E-state index is 12.6. The molecule has 3 aromatic rings. The lowest BCUT2D eigenvalue weighted by molar-refractivity contribution is -0.112. The third-order valence-electron chi connectivity index (χ3n) is 4.74. The molecular formula is C26H22I2N2O3. The molecule has 3 rings (SSSR count). The van der Waals surface area contributed by atoms with E-state index in [1.165, 1.54) is 0 Å². The van der Waals surface area contributed by atoms with Gasteiger partial charge in [0.25, 0.3) is 5.91 Å². The van der Waals surface area contributed by atoms with Crippen LogP contribution in [0.2, 0.25) is 0 Å². The third-order valence-corrected chi connectivity index (χ3v) is 6.26. The molecule has 1 amide bonds. The summed E-state index contributed by atoms with van der Waals surface area (Å²) in [5.41, 5.74) is 3.56. The topological polar surface area (TPSA) is 71.3 Å². The van der Waals surface area contributed by atoms with Crippen LogP contribution >= 0.6 is 45.2 Å². The van der Waals surface area contributed by atoms with Gasteiger partial charge < -0.3 is 14.8 Å². The Labute approximate surface area is 221 Å². The van der Waals surface area contributed by atoms with Crippen molar-refractivity contribution < 1.29 is 14.3 Å². The van der Waals surface area contributed by atoms with Crippen LogP contribution in [0.3, 0.4) is 0 Å². The summed E-state index contributed by atoms with van der Waals surface area (Å²) >= 11 is 4.37. The van der Waals surface area contributed by atoms with Gasteiger partial charge in [0.1, 0.15) is 18.2 Å². The van der Waals surface area contributed by atoms with E-state index in [0.29, 0.717) is 36.0 Å². The van der Waals surface area contributed by atoms with Gasteiger partial charge in [-0.15, -0.1) is 0 Å². The first-order valence-electron chi connectivity index (χ1n) is 10.2. The first kappa shape index (κ1) is 25.1. The molecule has 33 heavy (non-hydrogen) atoms.